The lowest BCUT2D eigenvalue weighted by Crippen LogP contribution is -2.37. The zero-order chi connectivity index (χ0) is 33.8. The summed E-state index contributed by atoms with van der Waals surface area (Å²) in [7, 11) is 0. The molecule has 10 heteroatoms. The van der Waals surface area contributed by atoms with Gasteiger partial charge in [-0.2, -0.15) is 0 Å². The summed E-state index contributed by atoms with van der Waals surface area (Å²) in [5.41, 5.74) is 0.623. The molecule has 1 heterocycles. The summed E-state index contributed by atoms with van der Waals surface area (Å²) in [6.07, 6.45) is 8.77. The van der Waals surface area contributed by atoms with Crippen LogP contribution in [0.2, 0.25) is 0 Å². The second kappa shape index (κ2) is 23.2. The number of hydrogen-bond donors (Lipinski definition) is 8. The van der Waals surface area contributed by atoms with E-state index in [-0.39, 0.29) is 38.5 Å². The lowest BCUT2D eigenvalue weighted by molar-refractivity contribution is -0.162. The van der Waals surface area contributed by atoms with E-state index in [9.17, 15) is 45.6 Å². The molecule has 0 radical (unpaired) electrons. The zero-order valence-corrected chi connectivity index (χ0v) is 27.1. The van der Waals surface area contributed by atoms with E-state index in [1.54, 1.807) is 62.5 Å². The standard InChI is InChI=1S/C35H58O10/c1-4-5-6-13-16-31-34(43)23-30(40)21-28(38)19-26(36)18-27(37)20-29(39)22-33(42)24(2)15-12-10-8-7-9-11-14-17-32(41)25(3)45-35(31)44/h7-12,14-15,17,25-34,36-43H,4-6,13,16,18-23H2,1-3H3/t25-,26+,27-,28+,29-,30+,31-,32+,33+,34+/m1/s1. The largest absolute Gasteiger partial charge is 0.459 e. The van der Waals surface area contributed by atoms with Crippen molar-refractivity contribution in [2.45, 2.75) is 146 Å². The molecular weight excluding hydrogens is 580 g/mol. The van der Waals surface area contributed by atoms with Crippen LogP contribution in [-0.2, 0) is 9.53 Å². The van der Waals surface area contributed by atoms with Gasteiger partial charge in [0.1, 0.15) is 12.2 Å². The van der Waals surface area contributed by atoms with Crippen molar-refractivity contribution < 1.29 is 50.4 Å². The van der Waals surface area contributed by atoms with Crippen LogP contribution in [0.1, 0.15) is 91.4 Å². The lowest BCUT2D eigenvalue weighted by Gasteiger charge is -2.27. The molecule has 1 aliphatic heterocycles. The Morgan fingerprint density at radius 2 is 1.16 bits per heavy atom. The van der Waals surface area contributed by atoms with Gasteiger partial charge in [-0.15, -0.1) is 0 Å². The first kappa shape index (κ1) is 40.9. The van der Waals surface area contributed by atoms with Gasteiger partial charge in [0.05, 0.1) is 48.6 Å². The van der Waals surface area contributed by atoms with Crippen molar-refractivity contribution in [3.8, 4) is 0 Å². The Labute approximate surface area is 268 Å². The van der Waals surface area contributed by atoms with Crippen molar-refractivity contribution in [2.24, 2.45) is 5.92 Å². The van der Waals surface area contributed by atoms with Gasteiger partial charge in [0.25, 0.3) is 0 Å². The molecular formula is C35H58O10. The fraction of sp³-hybridized carbons (Fsp3) is 0.686. The van der Waals surface area contributed by atoms with Crippen LogP contribution in [0.15, 0.2) is 60.3 Å². The highest BCUT2D eigenvalue weighted by Crippen LogP contribution is 2.23. The van der Waals surface area contributed by atoms with E-state index >= 15 is 0 Å². The first-order valence-corrected chi connectivity index (χ1v) is 16.3. The molecule has 0 saturated carbocycles. The smallest absolute Gasteiger partial charge is 0.311 e. The van der Waals surface area contributed by atoms with E-state index in [2.05, 4.69) is 6.92 Å². The Morgan fingerprint density at radius 3 is 1.71 bits per heavy atom. The molecule has 0 aliphatic carbocycles. The summed E-state index contributed by atoms with van der Waals surface area (Å²) in [5.74, 6) is -1.60. The monoisotopic (exact) mass is 638 g/mol. The third kappa shape index (κ3) is 18.6. The molecule has 10 nitrogen and oxygen atoms in total. The first-order valence-electron chi connectivity index (χ1n) is 16.3. The summed E-state index contributed by atoms with van der Waals surface area (Å²) >= 11 is 0. The molecule has 0 bridgehead atoms. The minimum atomic E-state index is -1.25. The molecule has 0 spiro atoms. The molecule has 0 fully saturated rings. The maximum atomic E-state index is 13.1. The van der Waals surface area contributed by atoms with Crippen molar-refractivity contribution >= 4 is 5.97 Å². The fourth-order valence-corrected chi connectivity index (χ4v) is 5.20. The number of hydrogen-bond acceptors (Lipinski definition) is 10. The van der Waals surface area contributed by atoms with E-state index in [0.29, 0.717) is 18.4 Å². The summed E-state index contributed by atoms with van der Waals surface area (Å²) in [6.45, 7) is 5.34. The van der Waals surface area contributed by atoms with Crippen LogP contribution in [0.25, 0.3) is 0 Å². The predicted molar refractivity (Wildman–Crippen MR) is 174 cm³/mol. The van der Waals surface area contributed by atoms with Gasteiger partial charge >= 0.3 is 5.97 Å². The molecule has 0 aromatic heterocycles. The highest BCUT2D eigenvalue weighted by molar-refractivity contribution is 5.73. The summed E-state index contributed by atoms with van der Waals surface area (Å²) in [6, 6.07) is 0. The lowest BCUT2D eigenvalue weighted by atomic mass is 9.90. The third-order valence-electron chi connectivity index (χ3n) is 7.96. The van der Waals surface area contributed by atoms with Gasteiger partial charge in [0.15, 0.2) is 0 Å². The van der Waals surface area contributed by atoms with Gasteiger partial charge in [-0.3, -0.25) is 4.79 Å². The summed E-state index contributed by atoms with van der Waals surface area (Å²) < 4.78 is 5.51. The normalized spacial score (nSPS) is 34.5. The Kier molecular flexibility index (Phi) is 21.1. The van der Waals surface area contributed by atoms with Crippen LogP contribution in [0.4, 0.5) is 0 Å². The van der Waals surface area contributed by atoms with Crippen LogP contribution in [0.3, 0.4) is 0 Å². The van der Waals surface area contributed by atoms with E-state index < -0.39 is 66.8 Å². The molecule has 0 saturated heterocycles. The number of carbonyl (C=O) groups is 1. The highest BCUT2D eigenvalue weighted by Gasteiger charge is 2.32. The SMILES string of the molecule is CCCCCC[C@H]1C(=O)O[C@H](C)[C@@H](O)C=CC=CC=CC=CC=C(C)[C@@H](O)C[C@H](O)C[C@H](O)C[C@H](O)C[C@H](O)C[C@H](O)C[C@@H]1O. The van der Waals surface area contributed by atoms with Crippen LogP contribution < -0.4 is 0 Å². The molecule has 10 atom stereocenters. The van der Waals surface area contributed by atoms with Gasteiger partial charge < -0.3 is 45.6 Å². The second-order valence-electron chi connectivity index (χ2n) is 12.3. The van der Waals surface area contributed by atoms with Crippen molar-refractivity contribution in [3.05, 3.63) is 60.3 Å². The van der Waals surface area contributed by atoms with Crippen molar-refractivity contribution in [1.29, 1.82) is 0 Å². The molecule has 45 heavy (non-hydrogen) atoms. The number of unbranched alkanes of at least 4 members (excludes halogenated alkanes) is 3. The molecule has 1 rings (SSSR count). The number of cyclic esters (lactones) is 1. The van der Waals surface area contributed by atoms with E-state index in [4.69, 9.17) is 4.74 Å². The van der Waals surface area contributed by atoms with Crippen molar-refractivity contribution in [2.75, 3.05) is 0 Å². The van der Waals surface area contributed by atoms with E-state index in [0.717, 1.165) is 19.3 Å². The Hall–Kier alpha value is -2.15. The van der Waals surface area contributed by atoms with Crippen LogP contribution in [0.5, 0.6) is 0 Å². The molecule has 0 aromatic rings. The van der Waals surface area contributed by atoms with Gasteiger partial charge in [-0.05, 0) is 51.5 Å². The number of aliphatic hydroxyl groups excluding tert-OH is 8. The number of allylic oxidation sites excluding steroid dienone is 8. The molecule has 0 amide bonds. The highest BCUT2D eigenvalue weighted by atomic mass is 16.6. The van der Waals surface area contributed by atoms with Crippen LogP contribution in [0, 0.1) is 5.92 Å². The average molecular weight is 639 g/mol. The Bertz CT molecular complexity index is 958. The van der Waals surface area contributed by atoms with Gasteiger partial charge in [0.2, 0.25) is 0 Å². The molecule has 258 valence electrons. The van der Waals surface area contributed by atoms with Gasteiger partial charge in [-0.25, -0.2) is 0 Å². The van der Waals surface area contributed by atoms with E-state index in [1.807, 2.05) is 0 Å². The van der Waals surface area contributed by atoms with Crippen molar-refractivity contribution in [3.63, 3.8) is 0 Å². The number of aliphatic hydroxyl groups is 8. The molecule has 8 N–H and O–H groups in total. The fourth-order valence-electron chi connectivity index (χ4n) is 5.20. The average Bonchev–Trinajstić information content (AvgIpc) is 2.94. The molecule has 0 unspecified atom stereocenters. The summed E-state index contributed by atoms with van der Waals surface area (Å²) in [5, 5.41) is 83.9. The molecule has 0 aromatic carbocycles. The Balaban J connectivity index is 3.08. The number of carbonyl (C=O) groups excluding carboxylic acids is 1. The van der Waals surface area contributed by atoms with Crippen molar-refractivity contribution in [1.82, 2.24) is 0 Å². The van der Waals surface area contributed by atoms with Crippen LogP contribution in [-0.4, -0.2) is 102 Å². The minimum Gasteiger partial charge on any atom is -0.459 e. The Morgan fingerprint density at radius 1 is 0.667 bits per heavy atom. The molecule has 1 aliphatic rings. The quantitative estimate of drug-likeness (QED) is 0.164. The number of ether oxygens (including phenoxy) is 1. The van der Waals surface area contributed by atoms with Gasteiger partial charge in [-0.1, -0.05) is 87.3 Å². The number of rotatable bonds is 5. The maximum Gasteiger partial charge on any atom is 0.311 e. The maximum absolute atomic E-state index is 13.1. The van der Waals surface area contributed by atoms with Gasteiger partial charge in [0, 0.05) is 12.8 Å². The zero-order valence-electron chi connectivity index (χ0n) is 27.1. The van der Waals surface area contributed by atoms with Crippen LogP contribution >= 0.6 is 0 Å². The van der Waals surface area contributed by atoms with E-state index in [1.165, 1.54) is 6.08 Å². The summed E-state index contributed by atoms with van der Waals surface area (Å²) in [4.78, 5) is 13.1. The number of esters is 1. The predicted octanol–water partition coefficient (Wildman–Crippen LogP) is 2.92. The first-order chi connectivity index (χ1) is 21.3. The minimum absolute atomic E-state index is 0.00297. The topological polar surface area (TPSA) is 188 Å². The third-order valence-corrected chi connectivity index (χ3v) is 7.96. The second-order valence-corrected chi connectivity index (χ2v) is 12.3.